The fourth-order valence-corrected chi connectivity index (χ4v) is 2.23. The summed E-state index contributed by atoms with van der Waals surface area (Å²) < 4.78 is 20.9. The Morgan fingerprint density at radius 3 is 2.67 bits per heavy atom. The standard InChI is InChI=1S/C9H14N3O8P/c10-5-1-2-12(9(15)11-5)8-7(14)6(13)4(20-8)3-19-21(16,17)18/h1-2,4,6-8,13-14H,3H2,(H2,10,11,15)(H2,16,17,18)/t4-,6+,7?,8-/m1/s1/i10+1,11+1,12+1. The van der Waals surface area contributed by atoms with Gasteiger partial charge in [0.2, 0.25) is 0 Å². The predicted octanol–water partition coefficient (Wildman–Crippen LogP) is -2.45. The molecule has 1 aliphatic heterocycles. The lowest BCUT2D eigenvalue weighted by atomic mass is 10.1. The number of aromatic nitrogens is 2. The number of nitrogens with two attached hydrogens (primary N) is 1. The number of hydrogen-bond acceptors (Lipinski definition) is 8. The van der Waals surface area contributed by atoms with Crippen molar-refractivity contribution in [1.29, 1.82) is 0 Å². The van der Waals surface area contributed by atoms with E-state index in [1.807, 2.05) is 0 Å². The van der Waals surface area contributed by atoms with Crippen LogP contribution >= 0.6 is 7.82 Å². The van der Waals surface area contributed by atoms with Gasteiger partial charge in [-0.25, -0.2) is 9.36 Å². The minimum Gasteiger partial charge on any atom is -0.387 e. The summed E-state index contributed by atoms with van der Waals surface area (Å²) in [4.78, 5) is 32.3. The summed E-state index contributed by atoms with van der Waals surface area (Å²) in [7, 11) is -4.74. The van der Waals surface area contributed by atoms with Gasteiger partial charge in [-0.1, -0.05) is 0 Å². The maximum atomic E-state index is 11.6. The maximum Gasteiger partial charge on any atom is 0.469 e. The number of aliphatic hydroxyl groups excluding tert-OH is 2. The van der Waals surface area contributed by atoms with Crippen molar-refractivity contribution in [2.75, 3.05) is 12.3 Å². The Hall–Kier alpha value is -1.33. The van der Waals surface area contributed by atoms with E-state index in [4.69, 9.17) is 20.3 Å². The Kier molecular flexibility index (Phi) is 4.44. The number of aliphatic hydroxyl groups is 2. The maximum absolute atomic E-state index is 11.6. The van der Waals surface area contributed by atoms with Gasteiger partial charge in [-0.05, 0) is 6.07 Å². The molecule has 6 N–H and O–H groups in total. The molecule has 12 heteroatoms. The second kappa shape index (κ2) is 5.81. The highest BCUT2D eigenvalue weighted by atomic mass is 31.2. The summed E-state index contributed by atoms with van der Waals surface area (Å²) in [5.41, 5.74) is 4.52. The van der Waals surface area contributed by atoms with E-state index in [0.717, 1.165) is 4.57 Å². The van der Waals surface area contributed by atoms with Gasteiger partial charge in [-0.15, -0.1) is 0 Å². The van der Waals surface area contributed by atoms with Crippen molar-refractivity contribution in [3.8, 4) is 0 Å². The fourth-order valence-electron chi connectivity index (χ4n) is 1.89. The van der Waals surface area contributed by atoms with Crippen LogP contribution in [0, 0.1) is 0 Å². The van der Waals surface area contributed by atoms with Crippen molar-refractivity contribution in [2.24, 2.45) is 0 Å². The first kappa shape index (κ1) is 16.0. The zero-order chi connectivity index (χ0) is 15.8. The molecule has 0 radical (unpaired) electrons. The SMILES string of the molecule is [15NH2]c1cc[15n]([C@@H]2O[C@H](COP(=O)(O)O)[C@H](O)C2O)c(=O)[15n]1. The van der Waals surface area contributed by atoms with Gasteiger partial charge in [-0.2, -0.15) is 4.98 Å². The number of rotatable bonds is 4. The van der Waals surface area contributed by atoms with E-state index >= 15 is 0 Å². The molecule has 0 aliphatic carbocycles. The van der Waals surface area contributed by atoms with Crippen LogP contribution in [0.5, 0.6) is 0 Å². The molecule has 1 aromatic heterocycles. The van der Waals surface area contributed by atoms with Crippen molar-refractivity contribution in [2.45, 2.75) is 24.5 Å². The monoisotopic (exact) mass is 326 g/mol. The van der Waals surface area contributed by atoms with Gasteiger partial charge in [0, 0.05) is 6.20 Å². The zero-order valence-electron chi connectivity index (χ0n) is 10.5. The van der Waals surface area contributed by atoms with Gasteiger partial charge in [0.25, 0.3) is 0 Å². The second-order valence-corrected chi connectivity index (χ2v) is 5.61. The first-order chi connectivity index (χ1) is 9.69. The van der Waals surface area contributed by atoms with E-state index in [1.54, 1.807) is 0 Å². The first-order valence-corrected chi connectivity index (χ1v) is 7.28. The normalized spacial score (nSPS) is 29.7. The molecular formula is C9H14N3O8P. The Morgan fingerprint density at radius 2 is 2.10 bits per heavy atom. The summed E-state index contributed by atoms with van der Waals surface area (Å²) in [6.07, 6.45) is -4.27. The third kappa shape index (κ3) is 3.66. The van der Waals surface area contributed by atoms with Crippen molar-refractivity contribution < 1.29 is 33.8 Å². The predicted molar refractivity (Wildman–Crippen MR) is 66.8 cm³/mol. The molecule has 1 aromatic rings. The number of phosphoric ester groups is 1. The first-order valence-electron chi connectivity index (χ1n) is 5.75. The van der Waals surface area contributed by atoms with Crippen LogP contribution in [0.4, 0.5) is 5.82 Å². The number of anilines is 1. The molecule has 0 bridgehead atoms. The van der Waals surface area contributed by atoms with Crippen LogP contribution in [0.2, 0.25) is 0 Å². The van der Waals surface area contributed by atoms with Gasteiger partial charge < -0.3 is 30.5 Å². The lowest BCUT2D eigenvalue weighted by Gasteiger charge is -2.16. The van der Waals surface area contributed by atoms with Crippen LogP contribution in [0.3, 0.4) is 0 Å². The summed E-state index contributed by atoms with van der Waals surface area (Å²) in [6, 6.07) is 1.29. The third-order valence-electron chi connectivity index (χ3n) is 2.87. The molecule has 0 spiro atoms. The molecule has 0 amide bonds. The number of nitrogens with zero attached hydrogens (tertiary/aromatic N) is 2. The molecule has 1 fully saturated rings. The van der Waals surface area contributed by atoms with Crippen LogP contribution in [0.1, 0.15) is 6.23 Å². The topological polar surface area (TPSA) is 177 Å². The minimum absolute atomic E-state index is 0.0225. The molecule has 21 heavy (non-hydrogen) atoms. The zero-order valence-corrected chi connectivity index (χ0v) is 11.4. The summed E-state index contributed by atoms with van der Waals surface area (Å²) in [5, 5.41) is 19.6. The quantitative estimate of drug-likeness (QED) is 0.295. The van der Waals surface area contributed by atoms with Crippen LogP contribution < -0.4 is 11.4 Å². The van der Waals surface area contributed by atoms with Gasteiger partial charge in [-0.3, -0.25) is 9.09 Å². The molecule has 0 aromatic carbocycles. The molecule has 118 valence electrons. The van der Waals surface area contributed by atoms with Crippen molar-refractivity contribution in [1.82, 2.24) is 9.55 Å². The van der Waals surface area contributed by atoms with E-state index in [9.17, 15) is 19.6 Å². The highest BCUT2D eigenvalue weighted by molar-refractivity contribution is 7.46. The van der Waals surface area contributed by atoms with E-state index in [1.165, 1.54) is 12.3 Å². The lowest BCUT2D eigenvalue weighted by Crippen LogP contribution is -2.36. The molecular weight excluding hydrogens is 312 g/mol. The second-order valence-electron chi connectivity index (χ2n) is 4.37. The van der Waals surface area contributed by atoms with Crippen molar-refractivity contribution in [3.05, 3.63) is 22.7 Å². The molecule has 4 atom stereocenters. The molecule has 0 saturated carbocycles. The molecule has 1 saturated heterocycles. The van der Waals surface area contributed by atoms with Crippen molar-refractivity contribution >= 4 is 13.6 Å². The number of nitrogen functional groups attached to an aromatic ring is 1. The fraction of sp³-hybridized carbons (Fsp3) is 0.556. The van der Waals surface area contributed by atoms with Crippen LogP contribution in [0.15, 0.2) is 17.1 Å². The summed E-state index contributed by atoms with van der Waals surface area (Å²) in [6.45, 7) is -0.657. The molecule has 2 rings (SSSR count). The Labute approximate surface area is 117 Å². The van der Waals surface area contributed by atoms with Gasteiger partial charge in [0.15, 0.2) is 6.23 Å². The van der Waals surface area contributed by atoms with Gasteiger partial charge in [0.1, 0.15) is 24.1 Å². The minimum atomic E-state index is -4.74. The van der Waals surface area contributed by atoms with E-state index in [0.29, 0.717) is 0 Å². The Balaban J connectivity index is 2.16. The Morgan fingerprint density at radius 1 is 1.43 bits per heavy atom. The van der Waals surface area contributed by atoms with Crippen LogP contribution in [0.25, 0.3) is 0 Å². The number of hydrogen-bond donors (Lipinski definition) is 5. The summed E-state index contributed by atoms with van der Waals surface area (Å²) in [5.74, 6) is -0.0225. The van der Waals surface area contributed by atoms with Crippen LogP contribution in [-0.2, 0) is 13.8 Å². The lowest BCUT2D eigenvalue weighted by molar-refractivity contribution is -0.0542. The van der Waals surface area contributed by atoms with E-state index in [2.05, 4.69) is 9.51 Å². The smallest absolute Gasteiger partial charge is 0.387 e. The highest BCUT2D eigenvalue weighted by Crippen LogP contribution is 2.38. The van der Waals surface area contributed by atoms with E-state index < -0.39 is 44.7 Å². The average Bonchev–Trinajstić information content (AvgIpc) is 2.64. The van der Waals surface area contributed by atoms with Crippen LogP contribution in [-0.4, -0.2) is 54.5 Å². The molecule has 1 unspecified atom stereocenters. The number of ether oxygens (including phenoxy) is 1. The largest absolute Gasteiger partial charge is 0.469 e. The Bertz CT molecular complexity index is 615. The summed E-state index contributed by atoms with van der Waals surface area (Å²) >= 11 is 0. The van der Waals surface area contributed by atoms with E-state index in [-0.39, 0.29) is 5.82 Å². The van der Waals surface area contributed by atoms with Gasteiger partial charge in [0.05, 0.1) is 6.61 Å². The van der Waals surface area contributed by atoms with Crippen molar-refractivity contribution in [3.63, 3.8) is 0 Å². The average molecular weight is 326 g/mol. The molecule has 2 heterocycles. The van der Waals surface area contributed by atoms with Gasteiger partial charge >= 0.3 is 13.5 Å². The molecule has 1 aliphatic rings. The molecule has 11 nitrogen and oxygen atoms in total. The number of phosphoric acid groups is 1. The highest BCUT2D eigenvalue weighted by Gasteiger charge is 2.44. The third-order valence-corrected chi connectivity index (χ3v) is 3.36.